The van der Waals surface area contributed by atoms with Gasteiger partial charge in [-0.3, -0.25) is 0 Å². The van der Waals surface area contributed by atoms with Crippen molar-refractivity contribution >= 4 is 5.69 Å². The number of anilines is 1. The highest BCUT2D eigenvalue weighted by Crippen LogP contribution is 2.35. The van der Waals surface area contributed by atoms with Crippen LogP contribution >= 0.6 is 0 Å². The number of hydrogen-bond donors (Lipinski definition) is 0. The first kappa shape index (κ1) is 20.2. The third-order valence-electron chi connectivity index (χ3n) is 5.39. The first-order chi connectivity index (χ1) is 13.8. The molecule has 0 amide bonds. The molecule has 1 nitrogen and oxygen atoms in total. The average Bonchev–Trinajstić information content (AvgIpc) is 3.14. The number of benzene rings is 3. The Bertz CT molecular complexity index is 786. The highest BCUT2D eigenvalue weighted by molar-refractivity contribution is 5.76. The van der Waals surface area contributed by atoms with E-state index in [1.54, 1.807) is 0 Å². The van der Waals surface area contributed by atoms with Crippen molar-refractivity contribution in [3.05, 3.63) is 90.0 Å². The van der Waals surface area contributed by atoms with Crippen LogP contribution in [0.4, 0.5) is 5.69 Å². The van der Waals surface area contributed by atoms with E-state index in [4.69, 9.17) is 0 Å². The Morgan fingerprint density at radius 3 is 1.57 bits per heavy atom. The molecule has 0 atom stereocenters. The second-order valence-corrected chi connectivity index (χ2v) is 7.52. The summed E-state index contributed by atoms with van der Waals surface area (Å²) < 4.78 is 0. The highest BCUT2D eigenvalue weighted by atomic mass is 15.1. The zero-order valence-corrected chi connectivity index (χ0v) is 17.4. The molecule has 3 aromatic carbocycles. The number of fused-ring (bicyclic) bond motifs is 3. The molecule has 1 heteroatoms. The van der Waals surface area contributed by atoms with E-state index in [0.29, 0.717) is 0 Å². The zero-order chi connectivity index (χ0) is 19.6. The van der Waals surface area contributed by atoms with Crippen molar-refractivity contribution in [1.82, 2.24) is 0 Å². The van der Waals surface area contributed by atoms with Crippen LogP contribution in [-0.4, -0.2) is 13.1 Å². The molecule has 0 saturated heterocycles. The molecule has 0 N–H and O–H groups in total. The summed E-state index contributed by atoms with van der Waals surface area (Å²) in [6.45, 7) is 6.90. The predicted molar refractivity (Wildman–Crippen MR) is 123 cm³/mol. The third-order valence-corrected chi connectivity index (χ3v) is 5.39. The Kier molecular flexibility index (Phi) is 7.72. The van der Waals surface area contributed by atoms with Crippen LogP contribution < -0.4 is 4.90 Å². The van der Waals surface area contributed by atoms with Gasteiger partial charge in [-0.2, -0.15) is 0 Å². The van der Waals surface area contributed by atoms with E-state index in [1.807, 2.05) is 0 Å². The van der Waals surface area contributed by atoms with Crippen molar-refractivity contribution in [3.63, 3.8) is 0 Å². The van der Waals surface area contributed by atoms with Crippen molar-refractivity contribution in [2.75, 3.05) is 18.0 Å². The predicted octanol–water partition coefficient (Wildman–Crippen LogP) is 7.35. The van der Waals surface area contributed by atoms with Gasteiger partial charge in [0.15, 0.2) is 0 Å². The van der Waals surface area contributed by atoms with Crippen molar-refractivity contribution in [2.24, 2.45) is 0 Å². The molecule has 0 saturated carbocycles. The second-order valence-electron chi connectivity index (χ2n) is 7.52. The molecule has 0 aromatic heterocycles. The SMILES string of the molecule is CCCCN(CCCC)c1ccccc1.c1ccc2c(c1)Cc1ccccc1-2. The lowest BCUT2D eigenvalue weighted by Crippen LogP contribution is -2.25. The van der Waals surface area contributed by atoms with Crippen molar-refractivity contribution < 1.29 is 0 Å². The molecule has 1 aliphatic carbocycles. The summed E-state index contributed by atoms with van der Waals surface area (Å²) in [6.07, 6.45) is 6.23. The molecule has 146 valence electrons. The van der Waals surface area contributed by atoms with E-state index in [-0.39, 0.29) is 0 Å². The van der Waals surface area contributed by atoms with E-state index in [2.05, 4.69) is 97.6 Å². The molecule has 0 bridgehead atoms. The van der Waals surface area contributed by atoms with Crippen molar-refractivity contribution in [2.45, 2.75) is 46.0 Å². The molecule has 28 heavy (non-hydrogen) atoms. The minimum atomic E-state index is 1.10. The molecule has 0 aliphatic heterocycles. The Hall–Kier alpha value is -2.54. The van der Waals surface area contributed by atoms with Crippen LogP contribution in [-0.2, 0) is 6.42 Å². The summed E-state index contributed by atoms with van der Waals surface area (Å²) >= 11 is 0. The van der Waals surface area contributed by atoms with Gasteiger partial charge in [-0.1, -0.05) is 93.4 Å². The largest absolute Gasteiger partial charge is 0.372 e. The summed E-state index contributed by atoms with van der Waals surface area (Å²) in [6, 6.07) is 28.1. The van der Waals surface area contributed by atoms with Crippen LogP contribution in [0.2, 0.25) is 0 Å². The normalized spacial score (nSPS) is 11.2. The molecule has 3 aromatic rings. The van der Waals surface area contributed by atoms with E-state index < -0.39 is 0 Å². The van der Waals surface area contributed by atoms with E-state index in [0.717, 1.165) is 6.42 Å². The van der Waals surface area contributed by atoms with Gasteiger partial charge in [-0.15, -0.1) is 0 Å². The Balaban J connectivity index is 0.000000162. The smallest absolute Gasteiger partial charge is 0.0366 e. The number of hydrogen-bond acceptors (Lipinski definition) is 1. The summed E-state index contributed by atoms with van der Waals surface area (Å²) in [5, 5.41) is 0. The number of unbranched alkanes of at least 4 members (excludes halogenated alkanes) is 2. The zero-order valence-electron chi connectivity index (χ0n) is 17.4. The monoisotopic (exact) mass is 371 g/mol. The summed E-state index contributed by atoms with van der Waals surface area (Å²) in [7, 11) is 0. The van der Waals surface area contributed by atoms with Gasteiger partial charge in [0.2, 0.25) is 0 Å². The lowest BCUT2D eigenvalue weighted by Gasteiger charge is -2.24. The van der Waals surface area contributed by atoms with Crippen LogP contribution in [0.25, 0.3) is 11.1 Å². The molecular weight excluding hydrogens is 338 g/mol. The fraction of sp³-hybridized carbons (Fsp3) is 0.333. The lowest BCUT2D eigenvalue weighted by atomic mass is 10.1. The average molecular weight is 372 g/mol. The van der Waals surface area contributed by atoms with Crippen LogP contribution in [0.5, 0.6) is 0 Å². The minimum Gasteiger partial charge on any atom is -0.372 e. The first-order valence-corrected chi connectivity index (χ1v) is 10.8. The molecule has 1 aliphatic rings. The second kappa shape index (κ2) is 10.7. The summed E-state index contributed by atoms with van der Waals surface area (Å²) in [5.74, 6) is 0. The van der Waals surface area contributed by atoms with Gasteiger partial charge >= 0.3 is 0 Å². The standard InChI is InChI=1S/C14H23N.C13H10/c1-3-5-12-15(13-6-4-2)14-10-8-7-9-11-14;1-3-7-12-10(5-1)9-11-6-2-4-8-13(11)12/h7-11H,3-6,12-13H2,1-2H3;1-8H,9H2. The van der Waals surface area contributed by atoms with E-state index >= 15 is 0 Å². The molecule has 0 heterocycles. The number of rotatable bonds is 7. The fourth-order valence-corrected chi connectivity index (χ4v) is 3.79. The van der Waals surface area contributed by atoms with Gasteiger partial charge in [0.05, 0.1) is 0 Å². The summed E-state index contributed by atoms with van der Waals surface area (Å²) in [5.41, 5.74) is 7.13. The number of para-hydroxylation sites is 1. The molecule has 4 rings (SSSR count). The minimum absolute atomic E-state index is 1.10. The quantitative estimate of drug-likeness (QED) is 0.328. The van der Waals surface area contributed by atoms with Crippen LogP contribution in [0, 0.1) is 0 Å². The van der Waals surface area contributed by atoms with Gasteiger partial charge in [0.25, 0.3) is 0 Å². The van der Waals surface area contributed by atoms with Crippen LogP contribution in [0.15, 0.2) is 78.9 Å². The van der Waals surface area contributed by atoms with Gasteiger partial charge < -0.3 is 4.90 Å². The maximum absolute atomic E-state index is 2.51. The van der Waals surface area contributed by atoms with Crippen molar-refractivity contribution in [3.8, 4) is 11.1 Å². The highest BCUT2D eigenvalue weighted by Gasteiger charge is 2.15. The Labute approximate surface area is 171 Å². The molecule has 0 radical (unpaired) electrons. The Morgan fingerprint density at radius 1 is 0.607 bits per heavy atom. The summed E-state index contributed by atoms with van der Waals surface area (Å²) in [4.78, 5) is 2.51. The first-order valence-electron chi connectivity index (χ1n) is 10.8. The fourth-order valence-electron chi connectivity index (χ4n) is 3.79. The maximum atomic E-state index is 2.51. The van der Waals surface area contributed by atoms with Crippen LogP contribution in [0.3, 0.4) is 0 Å². The lowest BCUT2D eigenvalue weighted by molar-refractivity contribution is 0.678. The van der Waals surface area contributed by atoms with Gasteiger partial charge in [-0.05, 0) is 53.6 Å². The third kappa shape index (κ3) is 5.25. The molecule has 0 unspecified atom stereocenters. The van der Waals surface area contributed by atoms with Crippen molar-refractivity contribution in [1.29, 1.82) is 0 Å². The van der Waals surface area contributed by atoms with E-state index in [1.165, 1.54) is 66.7 Å². The molecule has 0 fully saturated rings. The topological polar surface area (TPSA) is 3.24 Å². The van der Waals surface area contributed by atoms with Gasteiger partial charge in [0.1, 0.15) is 0 Å². The molecular formula is C27H33N. The van der Waals surface area contributed by atoms with Gasteiger partial charge in [0, 0.05) is 18.8 Å². The van der Waals surface area contributed by atoms with Gasteiger partial charge in [-0.25, -0.2) is 0 Å². The Morgan fingerprint density at radius 2 is 1.07 bits per heavy atom. The maximum Gasteiger partial charge on any atom is 0.0366 e. The molecule has 0 spiro atoms. The van der Waals surface area contributed by atoms with E-state index in [9.17, 15) is 0 Å². The number of nitrogens with zero attached hydrogens (tertiary/aromatic N) is 1. The van der Waals surface area contributed by atoms with Crippen LogP contribution in [0.1, 0.15) is 50.7 Å².